The van der Waals surface area contributed by atoms with Gasteiger partial charge >= 0.3 is 0 Å². The molecule has 0 aromatic heterocycles. The molecule has 1 spiro atoms. The molecule has 1 saturated carbocycles. The molecule has 2 fully saturated rings. The van der Waals surface area contributed by atoms with E-state index in [1.165, 1.54) is 38.8 Å². The SMILES string of the molecule is CC(C)c1c(O)cc2c(c1F)CC[C@H](N1CCC3(CCC3)C1)CC2. The molecule has 0 unspecified atom stereocenters. The lowest BCUT2D eigenvalue weighted by atomic mass is 9.68. The fourth-order valence-electron chi connectivity index (χ4n) is 5.30. The topological polar surface area (TPSA) is 23.5 Å². The van der Waals surface area contributed by atoms with Gasteiger partial charge in [0.1, 0.15) is 11.6 Å². The second-order valence-electron chi connectivity index (χ2n) is 8.72. The summed E-state index contributed by atoms with van der Waals surface area (Å²) in [4.78, 5) is 2.69. The summed E-state index contributed by atoms with van der Waals surface area (Å²) in [5.74, 6) is 0.0261. The number of aromatic hydroxyl groups is 1. The van der Waals surface area contributed by atoms with Crippen molar-refractivity contribution in [1.29, 1.82) is 0 Å². The standard InChI is InChI=1S/C21H30FNO/c1-14(2)19-18(24)12-15-4-5-16(6-7-17(15)20(19)22)23-11-10-21(13-23)8-3-9-21/h12,14,16,24H,3-11,13H2,1-2H3/t16-/m1/s1. The molecule has 1 N–H and O–H groups in total. The first kappa shape index (κ1) is 16.4. The molecule has 0 radical (unpaired) electrons. The molecule has 1 aliphatic heterocycles. The third-order valence-electron chi connectivity index (χ3n) is 6.93. The molecule has 132 valence electrons. The third-order valence-corrected chi connectivity index (χ3v) is 6.93. The van der Waals surface area contributed by atoms with Crippen molar-refractivity contribution in [2.24, 2.45) is 5.41 Å². The Kier molecular flexibility index (Phi) is 4.11. The number of hydrogen-bond acceptors (Lipinski definition) is 2. The van der Waals surface area contributed by atoms with Gasteiger partial charge in [-0.05, 0) is 80.0 Å². The molecular formula is C21H30FNO. The number of rotatable bonds is 2. The first-order valence-corrected chi connectivity index (χ1v) is 9.76. The van der Waals surface area contributed by atoms with Crippen molar-refractivity contribution >= 4 is 0 Å². The van der Waals surface area contributed by atoms with Gasteiger partial charge in [-0.25, -0.2) is 4.39 Å². The van der Waals surface area contributed by atoms with Crippen LogP contribution >= 0.6 is 0 Å². The molecule has 1 aromatic rings. The average Bonchev–Trinajstić information content (AvgIpc) is 2.84. The quantitative estimate of drug-likeness (QED) is 0.789. The van der Waals surface area contributed by atoms with Gasteiger partial charge in [0.25, 0.3) is 0 Å². The number of fused-ring (bicyclic) bond motifs is 1. The highest BCUT2D eigenvalue weighted by molar-refractivity contribution is 5.45. The van der Waals surface area contributed by atoms with Gasteiger partial charge in [-0.1, -0.05) is 20.3 Å². The van der Waals surface area contributed by atoms with Crippen LogP contribution in [-0.2, 0) is 12.8 Å². The van der Waals surface area contributed by atoms with E-state index in [9.17, 15) is 9.50 Å². The van der Waals surface area contributed by atoms with Gasteiger partial charge in [0.2, 0.25) is 0 Å². The predicted octanol–water partition coefficient (Wildman–Crippen LogP) is 4.78. The van der Waals surface area contributed by atoms with Crippen molar-refractivity contribution in [3.8, 4) is 5.75 Å². The Labute approximate surface area is 145 Å². The normalized spacial score (nSPS) is 26.4. The smallest absolute Gasteiger partial charge is 0.133 e. The first-order chi connectivity index (χ1) is 11.5. The maximum atomic E-state index is 15.0. The van der Waals surface area contributed by atoms with E-state index in [-0.39, 0.29) is 17.5 Å². The van der Waals surface area contributed by atoms with Crippen LogP contribution in [-0.4, -0.2) is 29.1 Å². The molecule has 3 heteroatoms. The number of phenols is 1. The van der Waals surface area contributed by atoms with E-state index in [0.717, 1.165) is 36.8 Å². The van der Waals surface area contributed by atoms with Crippen LogP contribution in [0, 0.1) is 11.2 Å². The summed E-state index contributed by atoms with van der Waals surface area (Å²) in [6, 6.07) is 2.43. The first-order valence-electron chi connectivity index (χ1n) is 9.76. The largest absolute Gasteiger partial charge is 0.508 e. The molecule has 1 saturated heterocycles. The fraction of sp³-hybridized carbons (Fsp3) is 0.714. The Morgan fingerprint density at radius 2 is 1.96 bits per heavy atom. The van der Waals surface area contributed by atoms with Crippen LogP contribution in [0.2, 0.25) is 0 Å². The highest BCUT2D eigenvalue weighted by atomic mass is 19.1. The maximum absolute atomic E-state index is 15.0. The molecule has 24 heavy (non-hydrogen) atoms. The Morgan fingerprint density at radius 1 is 1.21 bits per heavy atom. The van der Waals surface area contributed by atoms with Crippen LogP contribution in [0.3, 0.4) is 0 Å². The summed E-state index contributed by atoms with van der Waals surface area (Å²) < 4.78 is 15.0. The monoisotopic (exact) mass is 331 g/mol. The van der Waals surface area contributed by atoms with Crippen LogP contribution < -0.4 is 0 Å². The molecule has 3 aliphatic rings. The van der Waals surface area contributed by atoms with Crippen molar-refractivity contribution in [1.82, 2.24) is 4.90 Å². The lowest BCUT2D eigenvalue weighted by Crippen LogP contribution is -2.38. The Balaban J connectivity index is 1.53. The maximum Gasteiger partial charge on any atom is 0.133 e. The zero-order valence-electron chi connectivity index (χ0n) is 15.1. The minimum absolute atomic E-state index is 0.0198. The minimum Gasteiger partial charge on any atom is -0.508 e. The summed E-state index contributed by atoms with van der Waals surface area (Å²) in [5, 5.41) is 10.2. The highest BCUT2D eigenvalue weighted by Crippen LogP contribution is 2.49. The molecule has 1 aromatic carbocycles. The summed E-state index contributed by atoms with van der Waals surface area (Å²) in [6.45, 7) is 6.39. The number of hydrogen-bond donors (Lipinski definition) is 1. The third kappa shape index (κ3) is 2.65. The van der Waals surface area contributed by atoms with E-state index in [1.54, 1.807) is 0 Å². The van der Waals surface area contributed by atoms with Crippen LogP contribution in [0.15, 0.2) is 6.07 Å². The number of likely N-dealkylation sites (tertiary alicyclic amines) is 1. The highest BCUT2D eigenvalue weighted by Gasteiger charge is 2.44. The van der Waals surface area contributed by atoms with E-state index < -0.39 is 0 Å². The van der Waals surface area contributed by atoms with Crippen molar-refractivity contribution in [3.63, 3.8) is 0 Å². The Bertz CT molecular complexity index is 635. The molecule has 0 amide bonds. The van der Waals surface area contributed by atoms with Gasteiger partial charge < -0.3 is 5.11 Å². The number of halogens is 1. The van der Waals surface area contributed by atoms with Gasteiger partial charge in [0.05, 0.1) is 0 Å². The van der Waals surface area contributed by atoms with Gasteiger partial charge in [0, 0.05) is 18.2 Å². The molecule has 1 heterocycles. The van der Waals surface area contributed by atoms with Crippen LogP contribution in [0.5, 0.6) is 5.75 Å². The van der Waals surface area contributed by atoms with E-state index >= 15 is 0 Å². The number of nitrogens with zero attached hydrogens (tertiary/aromatic N) is 1. The molecule has 2 aliphatic carbocycles. The molecule has 0 bridgehead atoms. The minimum atomic E-state index is -0.141. The van der Waals surface area contributed by atoms with Crippen LogP contribution in [0.25, 0.3) is 0 Å². The average molecular weight is 331 g/mol. The number of benzene rings is 1. The van der Waals surface area contributed by atoms with Crippen LogP contribution in [0.1, 0.15) is 75.0 Å². The van der Waals surface area contributed by atoms with E-state index in [4.69, 9.17) is 0 Å². The van der Waals surface area contributed by atoms with Crippen LogP contribution in [0.4, 0.5) is 4.39 Å². The van der Waals surface area contributed by atoms with Crippen molar-refractivity contribution in [2.45, 2.75) is 77.2 Å². The van der Waals surface area contributed by atoms with Crippen molar-refractivity contribution in [2.75, 3.05) is 13.1 Å². The second-order valence-corrected chi connectivity index (χ2v) is 8.72. The van der Waals surface area contributed by atoms with Crippen molar-refractivity contribution < 1.29 is 9.50 Å². The predicted molar refractivity (Wildman–Crippen MR) is 95.1 cm³/mol. The van der Waals surface area contributed by atoms with Gasteiger partial charge in [-0.15, -0.1) is 0 Å². The summed E-state index contributed by atoms with van der Waals surface area (Å²) in [5.41, 5.74) is 3.04. The summed E-state index contributed by atoms with van der Waals surface area (Å²) >= 11 is 0. The zero-order valence-corrected chi connectivity index (χ0v) is 15.1. The Morgan fingerprint density at radius 3 is 2.58 bits per heavy atom. The second kappa shape index (κ2) is 6.01. The van der Waals surface area contributed by atoms with E-state index in [0.29, 0.717) is 17.0 Å². The lowest BCUT2D eigenvalue weighted by Gasteiger charge is -2.39. The molecule has 4 rings (SSSR count). The summed E-state index contributed by atoms with van der Waals surface area (Å²) in [6.07, 6.45) is 9.47. The van der Waals surface area contributed by atoms with Gasteiger partial charge in [0.15, 0.2) is 0 Å². The molecular weight excluding hydrogens is 301 g/mol. The Hall–Kier alpha value is -1.09. The lowest BCUT2D eigenvalue weighted by molar-refractivity contribution is 0.119. The molecule has 2 nitrogen and oxygen atoms in total. The number of phenolic OH excluding ortho intramolecular Hbond substituents is 1. The van der Waals surface area contributed by atoms with E-state index in [1.807, 2.05) is 19.9 Å². The summed E-state index contributed by atoms with van der Waals surface area (Å²) in [7, 11) is 0. The van der Waals surface area contributed by atoms with Crippen molar-refractivity contribution in [3.05, 3.63) is 28.6 Å². The number of aryl methyl sites for hydroxylation is 1. The molecule has 1 atom stereocenters. The van der Waals surface area contributed by atoms with Gasteiger partial charge in [-0.3, -0.25) is 4.90 Å². The van der Waals surface area contributed by atoms with E-state index in [2.05, 4.69) is 4.90 Å². The fourth-order valence-corrected chi connectivity index (χ4v) is 5.30. The zero-order chi connectivity index (χ0) is 16.9. The van der Waals surface area contributed by atoms with Gasteiger partial charge in [-0.2, -0.15) is 0 Å².